The van der Waals surface area contributed by atoms with Crippen molar-refractivity contribution in [3.8, 4) is 0 Å². The second-order valence-electron chi connectivity index (χ2n) is 6.71. The predicted octanol–water partition coefficient (Wildman–Crippen LogP) is 3.84. The number of esters is 1. The maximum atomic E-state index is 12.1. The summed E-state index contributed by atoms with van der Waals surface area (Å²) in [5.41, 5.74) is 0.965. The molecule has 1 aliphatic rings. The Bertz CT molecular complexity index is 488. The van der Waals surface area contributed by atoms with Crippen LogP contribution in [-0.4, -0.2) is 29.6 Å². The Morgan fingerprint density at radius 2 is 2.00 bits per heavy atom. The van der Waals surface area contributed by atoms with Crippen LogP contribution in [0, 0.1) is 9.49 Å². The number of halogens is 1. The monoisotopic (exact) mass is 401 g/mol. The van der Waals surface area contributed by atoms with Gasteiger partial charge in [-0.05, 0) is 87.0 Å². The SMILES string of the molecule is CC(C)(C)OC(=O)C1CCN(Cc2cccc(I)c2)CC1. The molecule has 0 unspecified atom stereocenters. The Morgan fingerprint density at radius 1 is 1.33 bits per heavy atom. The summed E-state index contributed by atoms with van der Waals surface area (Å²) in [4.78, 5) is 14.5. The molecule has 3 nitrogen and oxygen atoms in total. The molecule has 0 saturated carbocycles. The van der Waals surface area contributed by atoms with E-state index < -0.39 is 0 Å². The molecule has 1 aliphatic heterocycles. The Hall–Kier alpha value is -0.620. The van der Waals surface area contributed by atoms with Crippen LogP contribution >= 0.6 is 22.6 Å². The van der Waals surface area contributed by atoms with E-state index in [9.17, 15) is 4.79 Å². The molecule has 1 aromatic rings. The number of carbonyl (C=O) groups excluding carboxylic acids is 1. The number of hydrogen-bond acceptors (Lipinski definition) is 3. The van der Waals surface area contributed by atoms with Crippen LogP contribution in [0.1, 0.15) is 39.2 Å². The first-order valence-corrected chi connectivity index (χ1v) is 8.61. The van der Waals surface area contributed by atoms with Crippen molar-refractivity contribution in [2.75, 3.05) is 13.1 Å². The van der Waals surface area contributed by atoms with Crippen LogP contribution < -0.4 is 0 Å². The minimum absolute atomic E-state index is 0.0311. The Labute approximate surface area is 141 Å². The number of piperidine rings is 1. The first kappa shape index (κ1) is 16.7. The second kappa shape index (κ2) is 7.09. The lowest BCUT2D eigenvalue weighted by Gasteiger charge is -2.32. The van der Waals surface area contributed by atoms with Gasteiger partial charge in [-0.15, -0.1) is 0 Å². The zero-order valence-corrected chi connectivity index (χ0v) is 15.2. The number of rotatable bonds is 3. The maximum Gasteiger partial charge on any atom is 0.309 e. The van der Waals surface area contributed by atoms with E-state index in [-0.39, 0.29) is 17.5 Å². The third-order valence-corrected chi connectivity index (χ3v) is 4.29. The largest absolute Gasteiger partial charge is 0.460 e. The van der Waals surface area contributed by atoms with Crippen molar-refractivity contribution in [3.05, 3.63) is 33.4 Å². The van der Waals surface area contributed by atoms with Crippen LogP contribution in [-0.2, 0) is 16.1 Å². The number of nitrogens with zero attached hydrogens (tertiary/aromatic N) is 1. The van der Waals surface area contributed by atoms with E-state index in [0.717, 1.165) is 32.5 Å². The Balaban J connectivity index is 1.82. The molecule has 4 heteroatoms. The summed E-state index contributed by atoms with van der Waals surface area (Å²) in [6.07, 6.45) is 1.80. The van der Waals surface area contributed by atoms with Crippen molar-refractivity contribution in [2.24, 2.45) is 5.92 Å². The molecule has 0 N–H and O–H groups in total. The standard InChI is InChI=1S/C17H24INO2/c1-17(2,3)21-16(20)14-7-9-19(10-8-14)12-13-5-4-6-15(18)11-13/h4-6,11,14H,7-10,12H2,1-3H3. The number of carbonyl (C=O) groups is 1. The molecule has 0 amide bonds. The van der Waals surface area contributed by atoms with Crippen LogP contribution in [0.15, 0.2) is 24.3 Å². The molecule has 0 aromatic heterocycles. The lowest BCUT2D eigenvalue weighted by molar-refractivity contribution is -0.161. The summed E-state index contributed by atoms with van der Waals surface area (Å²) < 4.78 is 6.76. The predicted molar refractivity (Wildman–Crippen MR) is 93.0 cm³/mol. The second-order valence-corrected chi connectivity index (χ2v) is 7.96. The summed E-state index contributed by atoms with van der Waals surface area (Å²) in [7, 11) is 0. The highest BCUT2D eigenvalue weighted by atomic mass is 127. The van der Waals surface area contributed by atoms with Crippen LogP contribution in [0.3, 0.4) is 0 Å². The molecule has 1 fully saturated rings. The molecule has 1 saturated heterocycles. The summed E-state index contributed by atoms with van der Waals surface area (Å²) in [5, 5.41) is 0. The molecule has 0 radical (unpaired) electrons. The van der Waals surface area contributed by atoms with Crippen LogP contribution in [0.2, 0.25) is 0 Å². The molecule has 0 atom stereocenters. The van der Waals surface area contributed by atoms with Gasteiger partial charge in [0.25, 0.3) is 0 Å². The molecule has 0 aliphatic carbocycles. The molecule has 0 spiro atoms. The van der Waals surface area contributed by atoms with Crippen molar-refractivity contribution in [1.29, 1.82) is 0 Å². The number of hydrogen-bond donors (Lipinski definition) is 0. The zero-order valence-electron chi connectivity index (χ0n) is 13.1. The van der Waals surface area contributed by atoms with E-state index >= 15 is 0 Å². The van der Waals surface area contributed by atoms with Gasteiger partial charge in [0.15, 0.2) is 0 Å². The third-order valence-electron chi connectivity index (χ3n) is 3.62. The van der Waals surface area contributed by atoms with Crippen LogP contribution in [0.5, 0.6) is 0 Å². The first-order valence-electron chi connectivity index (χ1n) is 7.53. The highest BCUT2D eigenvalue weighted by Crippen LogP contribution is 2.23. The van der Waals surface area contributed by atoms with E-state index in [1.54, 1.807) is 0 Å². The molecule has 116 valence electrons. The van der Waals surface area contributed by atoms with E-state index in [2.05, 4.69) is 51.8 Å². The van der Waals surface area contributed by atoms with Gasteiger partial charge in [0.1, 0.15) is 5.60 Å². The molecular weight excluding hydrogens is 377 g/mol. The summed E-state index contributed by atoms with van der Waals surface area (Å²) in [5.74, 6) is 0.0350. The minimum atomic E-state index is -0.380. The van der Waals surface area contributed by atoms with Gasteiger partial charge in [0.2, 0.25) is 0 Å². The molecular formula is C17H24INO2. The van der Waals surface area contributed by atoms with Gasteiger partial charge in [0.05, 0.1) is 5.92 Å². The van der Waals surface area contributed by atoms with Crippen molar-refractivity contribution in [1.82, 2.24) is 4.90 Å². The zero-order chi connectivity index (χ0) is 15.5. The van der Waals surface area contributed by atoms with E-state index in [4.69, 9.17) is 4.74 Å². The molecule has 21 heavy (non-hydrogen) atoms. The van der Waals surface area contributed by atoms with Gasteiger partial charge in [0, 0.05) is 10.1 Å². The smallest absolute Gasteiger partial charge is 0.309 e. The van der Waals surface area contributed by atoms with Crippen molar-refractivity contribution < 1.29 is 9.53 Å². The van der Waals surface area contributed by atoms with Gasteiger partial charge in [-0.3, -0.25) is 9.69 Å². The highest BCUT2D eigenvalue weighted by Gasteiger charge is 2.28. The summed E-state index contributed by atoms with van der Waals surface area (Å²) in [6, 6.07) is 8.60. The molecule has 0 bridgehead atoms. The first-order chi connectivity index (χ1) is 9.83. The summed E-state index contributed by atoms with van der Waals surface area (Å²) >= 11 is 2.34. The quantitative estimate of drug-likeness (QED) is 0.570. The molecule has 1 heterocycles. The number of likely N-dealkylation sites (tertiary alicyclic amines) is 1. The normalized spacial score (nSPS) is 17.7. The van der Waals surface area contributed by atoms with Crippen molar-refractivity contribution in [3.63, 3.8) is 0 Å². The molecule has 1 aromatic carbocycles. The van der Waals surface area contributed by atoms with Gasteiger partial charge < -0.3 is 4.74 Å². The number of ether oxygens (including phenoxy) is 1. The average Bonchev–Trinajstić information content (AvgIpc) is 2.37. The Kier molecular flexibility index (Phi) is 5.66. The Morgan fingerprint density at radius 3 is 2.57 bits per heavy atom. The van der Waals surface area contributed by atoms with E-state index in [1.165, 1.54) is 9.13 Å². The lowest BCUT2D eigenvalue weighted by Crippen LogP contribution is -2.38. The van der Waals surface area contributed by atoms with Gasteiger partial charge in [-0.1, -0.05) is 12.1 Å². The maximum absolute atomic E-state index is 12.1. The fourth-order valence-corrected chi connectivity index (χ4v) is 3.21. The van der Waals surface area contributed by atoms with Gasteiger partial charge in [-0.2, -0.15) is 0 Å². The van der Waals surface area contributed by atoms with Gasteiger partial charge >= 0.3 is 5.97 Å². The van der Waals surface area contributed by atoms with Crippen LogP contribution in [0.4, 0.5) is 0 Å². The highest BCUT2D eigenvalue weighted by molar-refractivity contribution is 14.1. The number of benzene rings is 1. The summed E-state index contributed by atoms with van der Waals surface area (Å²) in [6.45, 7) is 8.69. The van der Waals surface area contributed by atoms with Crippen LogP contribution in [0.25, 0.3) is 0 Å². The van der Waals surface area contributed by atoms with E-state index in [0.29, 0.717) is 0 Å². The molecule has 2 rings (SSSR count). The third kappa shape index (κ3) is 5.58. The topological polar surface area (TPSA) is 29.5 Å². The fraction of sp³-hybridized carbons (Fsp3) is 0.588. The van der Waals surface area contributed by atoms with E-state index in [1.807, 2.05) is 20.8 Å². The fourth-order valence-electron chi connectivity index (χ4n) is 2.61. The van der Waals surface area contributed by atoms with Crippen molar-refractivity contribution in [2.45, 2.75) is 45.8 Å². The van der Waals surface area contributed by atoms with Gasteiger partial charge in [-0.25, -0.2) is 0 Å². The van der Waals surface area contributed by atoms with Crippen molar-refractivity contribution >= 4 is 28.6 Å². The average molecular weight is 401 g/mol. The lowest BCUT2D eigenvalue weighted by atomic mass is 9.96. The minimum Gasteiger partial charge on any atom is -0.460 e.